The zero-order chi connectivity index (χ0) is 24.6. The zero-order valence-electron chi connectivity index (χ0n) is 18.8. The molecule has 0 amide bonds. The van der Waals surface area contributed by atoms with Crippen LogP contribution in [-0.4, -0.2) is 16.8 Å². The lowest BCUT2D eigenvalue weighted by Gasteiger charge is -2.05. The molecule has 2 aromatic carbocycles. The van der Waals surface area contributed by atoms with E-state index in [2.05, 4.69) is 9.44 Å². The average Bonchev–Trinajstić information content (AvgIpc) is 3.52. The molecule has 2 N–H and O–H groups in total. The number of benzene rings is 2. The van der Waals surface area contributed by atoms with Crippen molar-refractivity contribution >= 4 is 20.0 Å². The summed E-state index contributed by atoms with van der Waals surface area (Å²) in [5, 5.41) is 0. The van der Waals surface area contributed by atoms with Crippen LogP contribution in [0.2, 0.25) is 0 Å². The van der Waals surface area contributed by atoms with Crippen LogP contribution in [0.4, 0.5) is 0 Å². The van der Waals surface area contributed by atoms with E-state index in [4.69, 9.17) is 8.83 Å². The lowest BCUT2D eigenvalue weighted by molar-refractivity contribution is 0.498. The molecule has 0 unspecified atom stereocenters. The van der Waals surface area contributed by atoms with Crippen LogP contribution in [0.3, 0.4) is 0 Å². The lowest BCUT2D eigenvalue weighted by atomic mass is 10.2. The Balaban J connectivity index is 0.000000191. The Morgan fingerprint density at radius 3 is 1.24 bits per heavy atom. The highest BCUT2D eigenvalue weighted by Gasteiger charge is 2.14. The Morgan fingerprint density at radius 1 is 0.588 bits per heavy atom. The largest absolute Gasteiger partial charge is 0.468 e. The van der Waals surface area contributed by atoms with Gasteiger partial charge in [-0.15, -0.1) is 0 Å². The van der Waals surface area contributed by atoms with Gasteiger partial charge >= 0.3 is 0 Å². The van der Waals surface area contributed by atoms with Crippen LogP contribution in [0.1, 0.15) is 22.6 Å². The van der Waals surface area contributed by atoms with Gasteiger partial charge in [-0.3, -0.25) is 0 Å². The molecule has 0 saturated heterocycles. The number of rotatable bonds is 8. The van der Waals surface area contributed by atoms with E-state index < -0.39 is 20.0 Å². The minimum Gasteiger partial charge on any atom is -0.468 e. The van der Waals surface area contributed by atoms with Crippen LogP contribution in [-0.2, 0) is 33.1 Å². The van der Waals surface area contributed by atoms with Crippen molar-refractivity contribution in [2.24, 2.45) is 0 Å². The summed E-state index contributed by atoms with van der Waals surface area (Å²) < 4.78 is 62.6. The van der Waals surface area contributed by atoms with Gasteiger partial charge in [-0.25, -0.2) is 26.3 Å². The third-order valence-corrected chi connectivity index (χ3v) is 7.53. The number of nitrogens with one attached hydrogen (secondary N) is 2. The van der Waals surface area contributed by atoms with E-state index in [0.29, 0.717) is 11.5 Å². The third kappa shape index (κ3) is 7.42. The molecule has 4 rings (SSSR count). The molecule has 180 valence electrons. The monoisotopic (exact) mass is 502 g/mol. The smallest absolute Gasteiger partial charge is 0.240 e. The van der Waals surface area contributed by atoms with Crippen LogP contribution in [0, 0.1) is 13.8 Å². The van der Waals surface area contributed by atoms with Crippen molar-refractivity contribution in [3.05, 3.63) is 108 Å². The van der Waals surface area contributed by atoms with Crippen LogP contribution >= 0.6 is 0 Å². The van der Waals surface area contributed by atoms with E-state index in [-0.39, 0.29) is 22.9 Å². The molecule has 2 heterocycles. The maximum atomic E-state index is 11.9. The van der Waals surface area contributed by atoms with Crippen molar-refractivity contribution in [3.63, 3.8) is 0 Å². The molecule has 0 aliphatic rings. The Morgan fingerprint density at radius 2 is 0.941 bits per heavy atom. The molecule has 4 aromatic rings. The number of hydrogen-bond donors (Lipinski definition) is 2. The molecule has 2 aromatic heterocycles. The van der Waals surface area contributed by atoms with Crippen LogP contribution in [0.25, 0.3) is 0 Å². The summed E-state index contributed by atoms with van der Waals surface area (Å²) in [7, 11) is -6.93. The van der Waals surface area contributed by atoms with Crippen molar-refractivity contribution in [2.75, 3.05) is 0 Å². The van der Waals surface area contributed by atoms with E-state index in [1.54, 1.807) is 72.8 Å². The Bertz CT molecular complexity index is 1250. The van der Waals surface area contributed by atoms with Gasteiger partial charge in [-0.05, 0) is 62.4 Å². The SMILES string of the molecule is Cc1ccc(S(=O)(=O)NCc2ccco2)cc1.Cc1ccc(S(=O)(=O)NCc2ccco2)cc1. The predicted molar refractivity (Wildman–Crippen MR) is 128 cm³/mol. The van der Waals surface area contributed by atoms with E-state index in [1.807, 2.05) is 13.8 Å². The topological polar surface area (TPSA) is 119 Å². The molecule has 0 spiro atoms. The van der Waals surface area contributed by atoms with Gasteiger partial charge in [-0.2, -0.15) is 0 Å². The number of aryl methyl sites for hydroxylation is 2. The van der Waals surface area contributed by atoms with Crippen molar-refractivity contribution in [1.29, 1.82) is 0 Å². The van der Waals surface area contributed by atoms with E-state index in [0.717, 1.165) is 11.1 Å². The fraction of sp³-hybridized carbons (Fsp3) is 0.167. The normalized spacial score (nSPS) is 11.6. The van der Waals surface area contributed by atoms with Crippen molar-refractivity contribution in [2.45, 2.75) is 36.7 Å². The second-order valence-corrected chi connectivity index (χ2v) is 11.0. The number of sulfonamides is 2. The molecule has 10 heteroatoms. The first-order chi connectivity index (χ1) is 16.2. The minimum atomic E-state index is -3.46. The first-order valence-corrected chi connectivity index (χ1v) is 13.3. The summed E-state index contributed by atoms with van der Waals surface area (Å²) in [5.74, 6) is 1.17. The zero-order valence-corrected chi connectivity index (χ0v) is 20.4. The second-order valence-electron chi connectivity index (χ2n) is 7.43. The molecule has 34 heavy (non-hydrogen) atoms. The van der Waals surface area contributed by atoms with Crippen molar-refractivity contribution < 1.29 is 25.7 Å². The average molecular weight is 503 g/mol. The molecule has 0 aliphatic heterocycles. The van der Waals surface area contributed by atoms with Gasteiger partial charge in [0.25, 0.3) is 0 Å². The molecule has 0 fully saturated rings. The van der Waals surface area contributed by atoms with Crippen molar-refractivity contribution in [3.8, 4) is 0 Å². The van der Waals surface area contributed by atoms with Gasteiger partial charge in [0.15, 0.2) is 0 Å². The molecule has 8 nitrogen and oxygen atoms in total. The highest BCUT2D eigenvalue weighted by Crippen LogP contribution is 2.12. The maximum absolute atomic E-state index is 11.9. The molecule has 0 saturated carbocycles. The van der Waals surface area contributed by atoms with Crippen LogP contribution in [0.5, 0.6) is 0 Å². The van der Waals surface area contributed by atoms with E-state index >= 15 is 0 Å². The summed E-state index contributed by atoms with van der Waals surface area (Å²) in [6, 6.07) is 20.3. The number of furan rings is 2. The van der Waals surface area contributed by atoms with Gasteiger partial charge < -0.3 is 8.83 Å². The van der Waals surface area contributed by atoms with Gasteiger partial charge in [0.1, 0.15) is 11.5 Å². The standard InChI is InChI=1S/2C12H13NO3S/c2*1-10-4-6-12(7-5-10)17(14,15)13-9-11-3-2-8-16-11/h2*2-8,13H,9H2,1H3. The van der Waals surface area contributed by atoms with Crippen LogP contribution in [0.15, 0.2) is 104 Å². The van der Waals surface area contributed by atoms with Crippen LogP contribution < -0.4 is 9.44 Å². The second kappa shape index (κ2) is 11.3. The highest BCUT2D eigenvalue weighted by atomic mass is 32.2. The molecule has 0 bridgehead atoms. The minimum absolute atomic E-state index is 0.156. The summed E-state index contributed by atoms with van der Waals surface area (Å²) >= 11 is 0. The molecular formula is C24H26N2O6S2. The molecule has 0 radical (unpaired) electrons. The fourth-order valence-electron chi connectivity index (χ4n) is 2.76. The Kier molecular flexibility index (Phi) is 8.46. The third-order valence-electron chi connectivity index (χ3n) is 4.70. The Labute approximate surface area is 199 Å². The molecule has 0 atom stereocenters. The van der Waals surface area contributed by atoms with Gasteiger partial charge in [0, 0.05) is 0 Å². The first-order valence-electron chi connectivity index (χ1n) is 10.3. The maximum Gasteiger partial charge on any atom is 0.240 e. The van der Waals surface area contributed by atoms with Gasteiger partial charge in [0.2, 0.25) is 20.0 Å². The summed E-state index contributed by atoms with van der Waals surface area (Å²) in [4.78, 5) is 0.518. The fourth-order valence-corrected chi connectivity index (χ4v) is 4.75. The first kappa shape index (κ1) is 25.4. The van der Waals surface area contributed by atoms with Gasteiger partial charge in [0.05, 0.1) is 35.4 Å². The van der Waals surface area contributed by atoms with Crippen molar-refractivity contribution in [1.82, 2.24) is 9.44 Å². The summed E-state index contributed by atoms with van der Waals surface area (Å²) in [6.07, 6.45) is 3.02. The van der Waals surface area contributed by atoms with E-state index in [9.17, 15) is 16.8 Å². The summed E-state index contributed by atoms with van der Waals surface area (Å²) in [6.45, 7) is 4.13. The Hall–Kier alpha value is -3.18. The quantitative estimate of drug-likeness (QED) is 0.374. The lowest BCUT2D eigenvalue weighted by Crippen LogP contribution is -2.22. The van der Waals surface area contributed by atoms with E-state index in [1.165, 1.54) is 12.5 Å². The number of hydrogen-bond acceptors (Lipinski definition) is 6. The highest BCUT2D eigenvalue weighted by molar-refractivity contribution is 7.89. The van der Waals surface area contributed by atoms with Gasteiger partial charge in [-0.1, -0.05) is 35.4 Å². The molecule has 0 aliphatic carbocycles. The summed E-state index contributed by atoms with van der Waals surface area (Å²) in [5.41, 5.74) is 2.05. The predicted octanol–water partition coefficient (Wildman–Crippen LogP) is 4.13. The molecular weight excluding hydrogens is 476 g/mol.